The second kappa shape index (κ2) is 6.20. The minimum absolute atomic E-state index is 0.0440. The summed E-state index contributed by atoms with van der Waals surface area (Å²) in [6.07, 6.45) is 1.58. The van der Waals surface area contributed by atoms with Crippen molar-refractivity contribution in [1.29, 1.82) is 0 Å². The maximum atomic E-state index is 11.6. The summed E-state index contributed by atoms with van der Waals surface area (Å²) in [4.78, 5) is 11.6. The Labute approximate surface area is 129 Å². The Morgan fingerprint density at radius 2 is 2.09 bits per heavy atom. The Morgan fingerprint density at radius 1 is 1.27 bits per heavy atom. The van der Waals surface area contributed by atoms with Crippen LogP contribution in [0.2, 0.25) is 0 Å². The van der Waals surface area contributed by atoms with E-state index in [9.17, 15) is 9.90 Å². The monoisotopic (exact) mass is 298 g/mol. The van der Waals surface area contributed by atoms with Crippen molar-refractivity contribution in [3.05, 3.63) is 53.6 Å². The van der Waals surface area contributed by atoms with Crippen molar-refractivity contribution in [1.82, 2.24) is 0 Å². The van der Waals surface area contributed by atoms with Crippen LogP contribution in [-0.4, -0.2) is 30.9 Å². The first-order chi connectivity index (χ1) is 10.7. The van der Waals surface area contributed by atoms with Crippen molar-refractivity contribution < 1.29 is 19.4 Å². The number of hydrogen-bond donors (Lipinski definition) is 1. The van der Waals surface area contributed by atoms with Gasteiger partial charge in [-0.25, -0.2) is 4.79 Å². The fraction of sp³-hybridized carbons (Fsp3) is 0.278. The van der Waals surface area contributed by atoms with Crippen LogP contribution in [0.25, 0.3) is 11.1 Å². The summed E-state index contributed by atoms with van der Waals surface area (Å²) in [7, 11) is 1.38. The summed E-state index contributed by atoms with van der Waals surface area (Å²) >= 11 is 0. The lowest BCUT2D eigenvalue weighted by atomic mass is 9.96. The first-order valence-electron chi connectivity index (χ1n) is 7.30. The van der Waals surface area contributed by atoms with E-state index in [-0.39, 0.29) is 18.7 Å². The summed E-state index contributed by atoms with van der Waals surface area (Å²) < 4.78 is 10.5. The highest BCUT2D eigenvalue weighted by Crippen LogP contribution is 2.32. The first-order valence-corrected chi connectivity index (χ1v) is 7.30. The Balaban J connectivity index is 1.92. The molecule has 0 spiro atoms. The van der Waals surface area contributed by atoms with E-state index in [1.807, 2.05) is 30.3 Å². The lowest BCUT2D eigenvalue weighted by Crippen LogP contribution is -2.26. The van der Waals surface area contributed by atoms with E-state index in [2.05, 4.69) is 6.07 Å². The van der Waals surface area contributed by atoms with Gasteiger partial charge in [0.1, 0.15) is 11.9 Å². The molecule has 0 saturated carbocycles. The molecule has 0 unspecified atom stereocenters. The summed E-state index contributed by atoms with van der Waals surface area (Å²) in [5.41, 5.74) is 3.67. The molecule has 22 heavy (non-hydrogen) atoms. The van der Waals surface area contributed by atoms with Crippen molar-refractivity contribution in [2.75, 3.05) is 13.7 Å². The molecule has 0 aliphatic carbocycles. The molecule has 0 bridgehead atoms. The highest BCUT2D eigenvalue weighted by Gasteiger charge is 2.19. The molecule has 3 rings (SSSR count). The minimum Gasteiger partial charge on any atom is -0.488 e. The van der Waals surface area contributed by atoms with Crippen molar-refractivity contribution in [3.63, 3.8) is 0 Å². The van der Waals surface area contributed by atoms with Crippen molar-refractivity contribution in [2.45, 2.75) is 18.9 Å². The lowest BCUT2D eigenvalue weighted by Gasteiger charge is -2.25. The van der Waals surface area contributed by atoms with Crippen LogP contribution in [0.5, 0.6) is 5.75 Å². The van der Waals surface area contributed by atoms with E-state index in [0.717, 1.165) is 35.3 Å². The van der Waals surface area contributed by atoms with Gasteiger partial charge in [-0.3, -0.25) is 0 Å². The van der Waals surface area contributed by atoms with E-state index >= 15 is 0 Å². The average molecular weight is 298 g/mol. The van der Waals surface area contributed by atoms with Crippen LogP contribution in [-0.2, 0) is 11.2 Å². The van der Waals surface area contributed by atoms with E-state index in [0.29, 0.717) is 5.56 Å². The molecular weight excluding hydrogens is 280 g/mol. The summed E-state index contributed by atoms with van der Waals surface area (Å²) in [5.74, 6) is 0.493. The van der Waals surface area contributed by atoms with Crippen molar-refractivity contribution in [3.8, 4) is 16.9 Å². The van der Waals surface area contributed by atoms with Crippen LogP contribution in [0.1, 0.15) is 22.3 Å². The topological polar surface area (TPSA) is 55.8 Å². The highest BCUT2D eigenvalue weighted by molar-refractivity contribution is 5.91. The van der Waals surface area contributed by atoms with Gasteiger partial charge in [0.2, 0.25) is 0 Å². The van der Waals surface area contributed by atoms with Gasteiger partial charge in [0, 0.05) is 0 Å². The van der Waals surface area contributed by atoms with Gasteiger partial charge in [0.15, 0.2) is 0 Å². The average Bonchev–Trinajstić information content (AvgIpc) is 2.60. The molecule has 1 heterocycles. The maximum absolute atomic E-state index is 11.6. The van der Waals surface area contributed by atoms with Gasteiger partial charge in [0.25, 0.3) is 0 Å². The Morgan fingerprint density at radius 3 is 2.86 bits per heavy atom. The fourth-order valence-corrected chi connectivity index (χ4v) is 2.70. The van der Waals surface area contributed by atoms with Crippen molar-refractivity contribution in [2.24, 2.45) is 0 Å². The molecule has 2 aromatic rings. The SMILES string of the molecule is COC(=O)c1cccc(-c2ccc3c(c2)CC[C@H](CO)O3)c1. The standard InChI is InChI=1S/C18H18O4/c1-21-18(20)15-4-2-3-12(10-15)13-6-8-17-14(9-13)5-7-16(11-19)22-17/h2-4,6,8-10,16,19H,5,7,11H2,1H3/t16-/m1/s1. The first kappa shape index (κ1) is 14.6. The van der Waals surface area contributed by atoms with Crippen LogP contribution in [0, 0.1) is 0 Å². The molecule has 4 nitrogen and oxygen atoms in total. The molecule has 0 amide bonds. The molecule has 114 valence electrons. The van der Waals surface area contributed by atoms with E-state index < -0.39 is 0 Å². The lowest BCUT2D eigenvalue weighted by molar-refractivity contribution is 0.0601. The molecule has 0 radical (unpaired) electrons. The number of esters is 1. The quantitative estimate of drug-likeness (QED) is 0.885. The Bertz CT molecular complexity index is 693. The van der Waals surface area contributed by atoms with E-state index in [4.69, 9.17) is 9.47 Å². The number of fused-ring (bicyclic) bond motifs is 1. The van der Waals surface area contributed by atoms with E-state index in [1.165, 1.54) is 7.11 Å². The minimum atomic E-state index is -0.339. The number of ether oxygens (including phenoxy) is 2. The molecule has 0 saturated heterocycles. The van der Waals surface area contributed by atoms with Gasteiger partial charge in [-0.2, -0.15) is 0 Å². The Kier molecular flexibility index (Phi) is 4.11. The van der Waals surface area contributed by atoms with Crippen LogP contribution in [0.15, 0.2) is 42.5 Å². The third kappa shape index (κ3) is 2.83. The summed E-state index contributed by atoms with van der Waals surface area (Å²) in [5, 5.41) is 9.19. The van der Waals surface area contributed by atoms with E-state index in [1.54, 1.807) is 6.07 Å². The molecule has 4 heteroatoms. The molecule has 0 fully saturated rings. The molecule has 0 aromatic heterocycles. The Hall–Kier alpha value is -2.33. The number of benzene rings is 2. The number of aliphatic hydroxyl groups excluding tert-OH is 1. The molecule has 1 aliphatic heterocycles. The number of rotatable bonds is 3. The zero-order valence-corrected chi connectivity index (χ0v) is 12.4. The smallest absolute Gasteiger partial charge is 0.337 e. The summed E-state index contributed by atoms with van der Waals surface area (Å²) in [6, 6.07) is 13.4. The number of carbonyl (C=O) groups excluding carboxylic acids is 1. The van der Waals surface area contributed by atoms with Crippen LogP contribution in [0.3, 0.4) is 0 Å². The number of aryl methyl sites for hydroxylation is 1. The molecule has 2 aromatic carbocycles. The highest BCUT2D eigenvalue weighted by atomic mass is 16.5. The van der Waals surface area contributed by atoms with Gasteiger partial charge in [0.05, 0.1) is 19.3 Å². The van der Waals surface area contributed by atoms with Gasteiger partial charge in [-0.05, 0) is 53.8 Å². The van der Waals surface area contributed by atoms with Gasteiger partial charge >= 0.3 is 5.97 Å². The predicted octanol–water partition coefficient (Wildman–Crippen LogP) is 2.83. The largest absolute Gasteiger partial charge is 0.488 e. The number of carbonyl (C=O) groups is 1. The van der Waals surface area contributed by atoms with Crippen LogP contribution < -0.4 is 4.74 Å². The molecule has 1 atom stereocenters. The zero-order valence-electron chi connectivity index (χ0n) is 12.4. The van der Waals surface area contributed by atoms with Gasteiger partial charge in [-0.1, -0.05) is 18.2 Å². The number of hydrogen-bond acceptors (Lipinski definition) is 4. The number of aliphatic hydroxyl groups is 1. The third-order valence-electron chi connectivity index (χ3n) is 3.91. The number of methoxy groups -OCH3 is 1. The molecule has 1 N–H and O–H groups in total. The van der Waals surface area contributed by atoms with Gasteiger partial charge in [-0.15, -0.1) is 0 Å². The zero-order chi connectivity index (χ0) is 15.5. The predicted molar refractivity (Wildman–Crippen MR) is 83.0 cm³/mol. The van der Waals surface area contributed by atoms with Crippen molar-refractivity contribution >= 4 is 5.97 Å². The second-order valence-electron chi connectivity index (χ2n) is 5.36. The normalized spacial score (nSPS) is 16.5. The van der Waals surface area contributed by atoms with Crippen LogP contribution >= 0.6 is 0 Å². The molecular formula is C18H18O4. The fourth-order valence-electron chi connectivity index (χ4n) is 2.70. The molecule has 1 aliphatic rings. The summed E-state index contributed by atoms with van der Waals surface area (Å²) in [6.45, 7) is 0.0440. The van der Waals surface area contributed by atoms with Crippen LogP contribution in [0.4, 0.5) is 0 Å². The maximum Gasteiger partial charge on any atom is 0.337 e. The third-order valence-corrected chi connectivity index (χ3v) is 3.91. The van der Waals surface area contributed by atoms with Gasteiger partial charge < -0.3 is 14.6 Å². The second-order valence-corrected chi connectivity index (χ2v) is 5.36.